The van der Waals surface area contributed by atoms with E-state index in [-0.39, 0.29) is 5.75 Å². The molecule has 2 rings (SSSR count). The van der Waals surface area contributed by atoms with Gasteiger partial charge in [0.25, 0.3) is 0 Å². The molecule has 1 unspecified atom stereocenters. The van der Waals surface area contributed by atoms with Gasteiger partial charge in [0.05, 0.1) is 5.75 Å². The van der Waals surface area contributed by atoms with Gasteiger partial charge >= 0.3 is 0 Å². The van der Waals surface area contributed by atoms with Crippen molar-refractivity contribution >= 4 is 21.4 Å². The molecular weight excluding hydrogens is 264 g/mol. The monoisotopic (exact) mass is 282 g/mol. The third-order valence-electron chi connectivity index (χ3n) is 3.33. The minimum Gasteiger partial charge on any atom is -0.326 e. The van der Waals surface area contributed by atoms with Gasteiger partial charge < -0.3 is 11.1 Å². The van der Waals surface area contributed by atoms with E-state index in [0.29, 0.717) is 25.1 Å². The number of nitrogens with two attached hydrogens (primary N) is 1. The smallest absolute Gasteiger partial charge is 0.242 e. The molecule has 19 heavy (non-hydrogen) atoms. The third kappa shape index (κ3) is 3.33. The summed E-state index contributed by atoms with van der Waals surface area (Å²) < 4.78 is 23.7. The van der Waals surface area contributed by atoms with Gasteiger partial charge in [-0.2, -0.15) is 0 Å². The number of amides is 1. The molecule has 5 nitrogen and oxygen atoms in total. The van der Waals surface area contributed by atoms with E-state index in [1.807, 2.05) is 12.1 Å². The fraction of sp³-hybridized carbons (Fsp3) is 0.462. The van der Waals surface area contributed by atoms with Crippen LogP contribution in [0.3, 0.4) is 0 Å². The molecular formula is C13H18N2O3S. The molecule has 1 heterocycles. The molecule has 0 saturated carbocycles. The molecule has 0 bridgehead atoms. The highest BCUT2D eigenvalue weighted by atomic mass is 32.2. The first-order valence-electron chi connectivity index (χ1n) is 6.34. The number of anilines is 1. The Hall–Kier alpha value is -1.40. The summed E-state index contributed by atoms with van der Waals surface area (Å²) >= 11 is 0. The minimum atomic E-state index is -3.29. The van der Waals surface area contributed by atoms with Crippen LogP contribution >= 0.6 is 0 Å². The van der Waals surface area contributed by atoms with Crippen molar-refractivity contribution in [2.75, 3.05) is 11.1 Å². The molecule has 1 aromatic rings. The normalized spacial score (nSPS) is 21.8. The lowest BCUT2D eigenvalue weighted by Crippen LogP contribution is -2.39. The van der Waals surface area contributed by atoms with Crippen molar-refractivity contribution < 1.29 is 13.2 Å². The third-order valence-corrected chi connectivity index (χ3v) is 5.50. The van der Waals surface area contributed by atoms with Crippen LogP contribution in [0.2, 0.25) is 0 Å². The number of carbonyl (C=O) groups excluding carboxylic acids is 1. The first-order chi connectivity index (χ1) is 9.03. The highest BCUT2D eigenvalue weighted by molar-refractivity contribution is 7.92. The Bertz CT molecular complexity index is 552. The summed E-state index contributed by atoms with van der Waals surface area (Å²) in [4.78, 5) is 12.0. The number of hydrogen-bond donors (Lipinski definition) is 2. The van der Waals surface area contributed by atoms with Crippen molar-refractivity contribution in [3.63, 3.8) is 0 Å². The van der Waals surface area contributed by atoms with Gasteiger partial charge in [0.2, 0.25) is 5.91 Å². The van der Waals surface area contributed by atoms with Crippen LogP contribution in [0.1, 0.15) is 24.8 Å². The van der Waals surface area contributed by atoms with Crippen LogP contribution in [0.15, 0.2) is 24.3 Å². The SMILES string of the molecule is NCc1ccc(NC(=O)C2CCCCS2(=O)=O)cc1. The first-order valence-corrected chi connectivity index (χ1v) is 8.06. The number of carbonyl (C=O) groups is 1. The van der Waals surface area contributed by atoms with Crippen molar-refractivity contribution in [1.82, 2.24) is 0 Å². The highest BCUT2D eigenvalue weighted by Gasteiger charge is 2.34. The van der Waals surface area contributed by atoms with Gasteiger partial charge in [-0.15, -0.1) is 0 Å². The van der Waals surface area contributed by atoms with E-state index in [1.54, 1.807) is 12.1 Å². The number of hydrogen-bond acceptors (Lipinski definition) is 4. The number of sulfone groups is 1. The fourth-order valence-corrected chi connectivity index (χ4v) is 4.00. The van der Waals surface area contributed by atoms with Crippen molar-refractivity contribution in [3.8, 4) is 0 Å². The van der Waals surface area contributed by atoms with E-state index >= 15 is 0 Å². The second kappa shape index (κ2) is 5.71. The summed E-state index contributed by atoms with van der Waals surface area (Å²) in [6, 6.07) is 7.08. The maximum absolute atomic E-state index is 12.0. The Labute approximate surface area is 113 Å². The largest absolute Gasteiger partial charge is 0.326 e. The van der Waals surface area contributed by atoms with Gasteiger partial charge in [0.1, 0.15) is 5.25 Å². The fourth-order valence-electron chi connectivity index (χ4n) is 2.20. The molecule has 1 fully saturated rings. The van der Waals surface area contributed by atoms with Gasteiger partial charge in [-0.3, -0.25) is 4.79 Å². The van der Waals surface area contributed by atoms with Crippen molar-refractivity contribution in [2.45, 2.75) is 31.1 Å². The maximum Gasteiger partial charge on any atom is 0.242 e. The lowest BCUT2D eigenvalue weighted by Gasteiger charge is -2.21. The standard InChI is InChI=1S/C13H18N2O3S/c14-9-10-4-6-11(7-5-10)15-13(16)12-3-1-2-8-19(12,17)18/h4-7,12H,1-3,8-9,14H2,(H,15,16). The quantitative estimate of drug-likeness (QED) is 0.867. The Morgan fingerprint density at radius 1 is 1.26 bits per heavy atom. The molecule has 3 N–H and O–H groups in total. The van der Waals surface area contributed by atoms with Crippen LogP contribution in [-0.4, -0.2) is 25.3 Å². The lowest BCUT2D eigenvalue weighted by atomic mass is 10.1. The molecule has 0 aromatic heterocycles. The van der Waals surface area contributed by atoms with Crippen LogP contribution in [0, 0.1) is 0 Å². The zero-order valence-electron chi connectivity index (χ0n) is 10.6. The Balaban J connectivity index is 2.07. The molecule has 1 amide bonds. The number of rotatable bonds is 3. The first kappa shape index (κ1) is 14.0. The second-order valence-corrected chi connectivity index (χ2v) is 7.04. The van der Waals surface area contributed by atoms with Crippen LogP contribution in [0.25, 0.3) is 0 Å². The molecule has 1 aromatic carbocycles. The summed E-state index contributed by atoms with van der Waals surface area (Å²) in [6.07, 6.45) is 1.84. The van der Waals surface area contributed by atoms with Gasteiger partial charge in [-0.05, 0) is 30.5 Å². The van der Waals surface area contributed by atoms with E-state index in [0.717, 1.165) is 12.0 Å². The predicted octanol–water partition coefficient (Wildman–Crippen LogP) is 1.05. The second-order valence-electron chi connectivity index (χ2n) is 4.74. The topological polar surface area (TPSA) is 89.3 Å². The van der Waals surface area contributed by atoms with Gasteiger partial charge in [0.15, 0.2) is 9.84 Å². The summed E-state index contributed by atoms with van der Waals surface area (Å²) in [5.74, 6) is -0.322. The Morgan fingerprint density at radius 2 is 1.95 bits per heavy atom. The van der Waals surface area contributed by atoms with Crippen LogP contribution < -0.4 is 11.1 Å². The zero-order chi connectivity index (χ0) is 13.9. The molecule has 0 aliphatic carbocycles. The molecule has 0 spiro atoms. The van der Waals surface area contributed by atoms with Gasteiger partial charge in [0, 0.05) is 12.2 Å². The summed E-state index contributed by atoms with van der Waals surface area (Å²) in [5, 5.41) is 1.75. The number of nitrogens with one attached hydrogen (secondary N) is 1. The van der Waals surface area contributed by atoms with Crippen molar-refractivity contribution in [3.05, 3.63) is 29.8 Å². The van der Waals surface area contributed by atoms with E-state index in [2.05, 4.69) is 5.32 Å². The molecule has 1 aliphatic rings. The summed E-state index contributed by atoms with van der Waals surface area (Å²) in [6.45, 7) is 0.436. The van der Waals surface area contributed by atoms with Gasteiger partial charge in [-0.1, -0.05) is 18.6 Å². The van der Waals surface area contributed by atoms with Gasteiger partial charge in [-0.25, -0.2) is 8.42 Å². The molecule has 1 saturated heterocycles. The molecule has 104 valence electrons. The Kier molecular flexibility index (Phi) is 4.21. The van der Waals surface area contributed by atoms with Crippen LogP contribution in [0.4, 0.5) is 5.69 Å². The molecule has 6 heteroatoms. The zero-order valence-corrected chi connectivity index (χ0v) is 11.4. The number of benzene rings is 1. The lowest BCUT2D eigenvalue weighted by molar-refractivity contribution is -0.116. The van der Waals surface area contributed by atoms with E-state index in [1.165, 1.54) is 0 Å². The van der Waals surface area contributed by atoms with Crippen molar-refractivity contribution in [2.24, 2.45) is 5.73 Å². The van der Waals surface area contributed by atoms with Crippen LogP contribution in [0.5, 0.6) is 0 Å². The average Bonchev–Trinajstić information content (AvgIpc) is 2.39. The van der Waals surface area contributed by atoms with E-state index in [9.17, 15) is 13.2 Å². The van der Waals surface area contributed by atoms with Crippen molar-refractivity contribution in [1.29, 1.82) is 0 Å². The molecule has 0 radical (unpaired) electrons. The Morgan fingerprint density at radius 3 is 2.53 bits per heavy atom. The van der Waals surface area contributed by atoms with E-state index < -0.39 is 21.0 Å². The minimum absolute atomic E-state index is 0.108. The summed E-state index contributed by atoms with van der Waals surface area (Å²) in [7, 11) is -3.29. The maximum atomic E-state index is 12.0. The predicted molar refractivity (Wildman–Crippen MR) is 74.4 cm³/mol. The van der Waals surface area contributed by atoms with Crippen LogP contribution in [-0.2, 0) is 21.2 Å². The highest BCUT2D eigenvalue weighted by Crippen LogP contribution is 2.21. The molecule has 1 aliphatic heterocycles. The molecule has 1 atom stereocenters. The average molecular weight is 282 g/mol. The van der Waals surface area contributed by atoms with E-state index in [4.69, 9.17) is 5.73 Å². The summed E-state index contributed by atoms with van der Waals surface area (Å²) in [5.41, 5.74) is 7.05.